The summed E-state index contributed by atoms with van der Waals surface area (Å²) < 4.78 is 16.4. The van der Waals surface area contributed by atoms with E-state index in [9.17, 15) is 4.79 Å². The van der Waals surface area contributed by atoms with Crippen LogP contribution >= 0.6 is 0 Å². The summed E-state index contributed by atoms with van der Waals surface area (Å²) in [5.74, 6) is 3.63. The Kier molecular flexibility index (Phi) is 10.7. The van der Waals surface area contributed by atoms with E-state index < -0.39 is 0 Å². The van der Waals surface area contributed by atoms with Crippen LogP contribution in [-0.4, -0.2) is 121 Å². The fraction of sp³-hybridized carbons (Fsp3) is 0.366. The van der Waals surface area contributed by atoms with Gasteiger partial charge in [0.2, 0.25) is 11.9 Å². The van der Waals surface area contributed by atoms with Crippen molar-refractivity contribution in [2.45, 2.75) is 19.5 Å². The number of morpholine rings is 1. The van der Waals surface area contributed by atoms with E-state index in [2.05, 4.69) is 55.9 Å². The first-order valence-corrected chi connectivity index (χ1v) is 18.7. The fourth-order valence-electron chi connectivity index (χ4n) is 7.22. The number of benzene rings is 2. The molecule has 3 aliphatic rings. The van der Waals surface area contributed by atoms with Crippen LogP contribution in [-0.2, 0) is 24.2 Å². The van der Waals surface area contributed by atoms with Gasteiger partial charge in [0, 0.05) is 94.3 Å². The molecule has 0 aliphatic carbocycles. The van der Waals surface area contributed by atoms with Crippen LogP contribution in [0.1, 0.15) is 27.2 Å². The smallest absolute Gasteiger partial charge is 0.272 e. The third-order valence-electron chi connectivity index (χ3n) is 10.4. The minimum Gasteiger partial charge on any atom is -0.497 e. The van der Waals surface area contributed by atoms with Gasteiger partial charge >= 0.3 is 0 Å². The van der Waals surface area contributed by atoms with Crippen molar-refractivity contribution in [1.29, 1.82) is 0 Å². The van der Waals surface area contributed by atoms with Gasteiger partial charge in [-0.1, -0.05) is 24.3 Å². The molecule has 2 saturated heterocycles. The van der Waals surface area contributed by atoms with Gasteiger partial charge in [0.15, 0.2) is 0 Å². The summed E-state index contributed by atoms with van der Waals surface area (Å²) in [4.78, 5) is 48.8. The summed E-state index contributed by atoms with van der Waals surface area (Å²) in [6.07, 6.45) is 6.18. The maximum absolute atomic E-state index is 13.5. The molecule has 0 spiro atoms. The molecule has 14 nitrogen and oxygen atoms in total. The number of likely N-dealkylation sites (N-methyl/N-ethyl adjacent to an activating group) is 1. The Hall–Kier alpha value is -5.86. The molecule has 3 aliphatic heterocycles. The Morgan fingerprint density at radius 2 is 1.42 bits per heavy atom. The molecule has 8 rings (SSSR count). The SMILES string of the molecule is COc1ccc(CN(Cc2ccc(OC)cc2)c2ncc(-c3nc(N4CCOCC4)nc4c3CCN4c3ccnc(C(=O)N4CCN(C)CC4)c3)cn2)cc1. The standard InChI is InChI=1S/C41H46N10O4/c1-47-16-18-48(19-17-47)39(52)36-24-32(12-14-42-36)51-15-13-35-37(45-41(46-38(35)51)49-20-22-55-23-21-49)31-25-43-40(44-26-31)50(27-29-4-8-33(53-2)9-5-29)28-30-6-10-34(54-3)11-7-30/h4-12,14,24-26H,13,15-23,27-28H2,1-3H3. The van der Waals surface area contributed by atoms with Crippen LogP contribution in [0, 0.1) is 0 Å². The number of piperazine rings is 1. The Labute approximate surface area is 321 Å². The highest BCUT2D eigenvalue weighted by molar-refractivity contribution is 5.93. The van der Waals surface area contributed by atoms with Crippen LogP contribution in [0.5, 0.6) is 11.5 Å². The molecule has 0 unspecified atom stereocenters. The third kappa shape index (κ3) is 8.01. The fourth-order valence-corrected chi connectivity index (χ4v) is 7.22. The Morgan fingerprint density at radius 1 is 0.782 bits per heavy atom. The lowest BCUT2D eigenvalue weighted by atomic mass is 10.1. The number of amides is 1. The number of pyridine rings is 1. The summed E-state index contributed by atoms with van der Waals surface area (Å²) in [6, 6.07) is 20.0. The number of carbonyl (C=O) groups excluding carboxylic acids is 1. The second-order valence-corrected chi connectivity index (χ2v) is 14.0. The van der Waals surface area contributed by atoms with Gasteiger partial charge in [0.1, 0.15) is 23.0 Å². The van der Waals surface area contributed by atoms with Crippen molar-refractivity contribution in [2.75, 3.05) is 95.0 Å². The lowest BCUT2D eigenvalue weighted by Crippen LogP contribution is -2.47. The minimum absolute atomic E-state index is 0.0444. The van der Waals surface area contributed by atoms with E-state index in [4.69, 9.17) is 34.1 Å². The predicted octanol–water partition coefficient (Wildman–Crippen LogP) is 4.47. The van der Waals surface area contributed by atoms with Crippen molar-refractivity contribution in [3.05, 3.63) is 102 Å². The lowest BCUT2D eigenvalue weighted by molar-refractivity contribution is 0.0658. The number of nitrogens with zero attached hydrogens (tertiary/aromatic N) is 10. The second-order valence-electron chi connectivity index (χ2n) is 14.0. The summed E-state index contributed by atoms with van der Waals surface area (Å²) in [5.41, 5.74) is 6.17. The molecule has 2 fully saturated rings. The zero-order valence-electron chi connectivity index (χ0n) is 31.6. The first kappa shape index (κ1) is 36.1. The monoisotopic (exact) mass is 742 g/mol. The number of rotatable bonds is 11. The first-order chi connectivity index (χ1) is 26.9. The summed E-state index contributed by atoms with van der Waals surface area (Å²) in [7, 11) is 5.42. The van der Waals surface area contributed by atoms with E-state index >= 15 is 0 Å². The summed E-state index contributed by atoms with van der Waals surface area (Å²) in [5, 5.41) is 0. The highest BCUT2D eigenvalue weighted by atomic mass is 16.5. The number of aromatic nitrogens is 5. The highest BCUT2D eigenvalue weighted by Crippen LogP contribution is 2.39. The molecule has 0 saturated carbocycles. The molecule has 0 bridgehead atoms. The van der Waals surface area contributed by atoms with Crippen LogP contribution < -0.4 is 24.2 Å². The van der Waals surface area contributed by atoms with Gasteiger partial charge in [-0.2, -0.15) is 4.98 Å². The van der Waals surface area contributed by atoms with Crippen LogP contribution in [0.2, 0.25) is 0 Å². The van der Waals surface area contributed by atoms with Crippen molar-refractivity contribution < 1.29 is 19.0 Å². The van der Waals surface area contributed by atoms with E-state index in [-0.39, 0.29) is 5.91 Å². The molecule has 55 heavy (non-hydrogen) atoms. The van der Waals surface area contributed by atoms with Crippen molar-refractivity contribution >= 4 is 29.3 Å². The molecule has 1 amide bonds. The number of anilines is 4. The highest BCUT2D eigenvalue weighted by Gasteiger charge is 2.31. The third-order valence-corrected chi connectivity index (χ3v) is 10.4. The number of carbonyl (C=O) groups is 1. The number of hydrogen-bond acceptors (Lipinski definition) is 13. The number of methoxy groups -OCH3 is 2. The molecule has 0 radical (unpaired) electrons. The first-order valence-electron chi connectivity index (χ1n) is 18.7. The van der Waals surface area contributed by atoms with Crippen molar-refractivity contribution in [1.82, 2.24) is 34.7 Å². The quantitative estimate of drug-likeness (QED) is 0.189. The topological polar surface area (TPSA) is 125 Å². The number of fused-ring (bicyclic) bond motifs is 1. The minimum atomic E-state index is -0.0444. The molecule has 6 heterocycles. The second kappa shape index (κ2) is 16.2. The van der Waals surface area contributed by atoms with Crippen LogP contribution in [0.15, 0.2) is 79.3 Å². The van der Waals surface area contributed by atoms with Gasteiger partial charge < -0.3 is 38.7 Å². The van der Waals surface area contributed by atoms with Gasteiger partial charge in [0.25, 0.3) is 5.91 Å². The summed E-state index contributed by atoms with van der Waals surface area (Å²) in [6.45, 7) is 7.56. The van der Waals surface area contributed by atoms with Gasteiger partial charge in [-0.05, 0) is 61.0 Å². The number of ether oxygens (including phenoxy) is 3. The average Bonchev–Trinajstić information content (AvgIpc) is 3.68. The molecule has 5 aromatic rings. The average molecular weight is 743 g/mol. The van der Waals surface area contributed by atoms with E-state index in [0.717, 1.165) is 70.5 Å². The molecule has 3 aromatic heterocycles. The molecule has 0 atom stereocenters. The zero-order valence-corrected chi connectivity index (χ0v) is 31.6. The van der Waals surface area contributed by atoms with Crippen LogP contribution in [0.3, 0.4) is 0 Å². The maximum Gasteiger partial charge on any atom is 0.272 e. The zero-order chi connectivity index (χ0) is 37.7. The number of hydrogen-bond donors (Lipinski definition) is 0. The molecule has 2 aromatic carbocycles. The van der Waals surface area contributed by atoms with Gasteiger partial charge in [-0.15, -0.1) is 0 Å². The molecule has 284 valence electrons. The van der Waals surface area contributed by atoms with E-state index in [1.54, 1.807) is 20.4 Å². The van der Waals surface area contributed by atoms with Crippen molar-refractivity contribution in [3.63, 3.8) is 0 Å². The van der Waals surface area contributed by atoms with Gasteiger partial charge in [-0.25, -0.2) is 15.0 Å². The van der Waals surface area contributed by atoms with Crippen molar-refractivity contribution in [2.24, 2.45) is 0 Å². The largest absolute Gasteiger partial charge is 0.497 e. The molecular weight excluding hydrogens is 697 g/mol. The predicted molar refractivity (Wildman–Crippen MR) is 210 cm³/mol. The van der Waals surface area contributed by atoms with E-state index in [1.807, 2.05) is 53.7 Å². The Balaban J connectivity index is 1.11. The van der Waals surface area contributed by atoms with E-state index in [0.29, 0.717) is 76.6 Å². The summed E-state index contributed by atoms with van der Waals surface area (Å²) >= 11 is 0. The maximum atomic E-state index is 13.5. The molecule has 0 N–H and O–H groups in total. The van der Waals surface area contributed by atoms with Gasteiger partial charge in [0.05, 0.1) is 33.1 Å². The Morgan fingerprint density at radius 3 is 2.04 bits per heavy atom. The lowest BCUT2D eigenvalue weighted by Gasteiger charge is -2.32. The van der Waals surface area contributed by atoms with Crippen LogP contribution in [0.25, 0.3) is 11.3 Å². The van der Waals surface area contributed by atoms with Crippen LogP contribution in [0.4, 0.5) is 23.4 Å². The normalized spacial score (nSPS) is 15.9. The van der Waals surface area contributed by atoms with Crippen molar-refractivity contribution in [3.8, 4) is 22.8 Å². The Bertz CT molecular complexity index is 2040. The molecular formula is C41H46N10O4. The van der Waals surface area contributed by atoms with E-state index in [1.165, 1.54) is 0 Å². The van der Waals surface area contributed by atoms with Gasteiger partial charge in [-0.3, -0.25) is 9.78 Å². The molecule has 14 heteroatoms.